The molecule has 2 saturated heterocycles. The van der Waals surface area contributed by atoms with Crippen molar-refractivity contribution in [2.75, 3.05) is 0 Å². The Morgan fingerprint density at radius 1 is 0.789 bits per heavy atom. The van der Waals surface area contributed by atoms with E-state index in [2.05, 4.69) is 30.3 Å². The molecule has 1 aromatic carbocycles. The number of hydrogen-bond acceptors (Lipinski definition) is 1. The molecule has 6 atom stereocenters. The topological polar surface area (TPSA) is 17.1 Å². The zero-order chi connectivity index (χ0) is 12.4. The van der Waals surface area contributed by atoms with E-state index in [0.717, 1.165) is 35.5 Å². The van der Waals surface area contributed by atoms with E-state index in [4.69, 9.17) is 0 Å². The molecule has 5 bridgehead atoms. The maximum Gasteiger partial charge on any atom is 0.122 e. The van der Waals surface area contributed by atoms with Crippen LogP contribution in [0.3, 0.4) is 0 Å². The Labute approximate surface area is 114 Å². The highest BCUT2D eigenvalue weighted by Gasteiger charge is 2.81. The SMILES string of the molecule is O=P1(c2ccccc2)C2C3CC4CC(C3)C1C1C4C12. The van der Waals surface area contributed by atoms with E-state index in [1.807, 2.05) is 0 Å². The van der Waals surface area contributed by atoms with Crippen LogP contribution in [0, 0.1) is 35.5 Å². The van der Waals surface area contributed by atoms with Gasteiger partial charge in [-0.05, 0) is 54.8 Å². The summed E-state index contributed by atoms with van der Waals surface area (Å²) in [5, 5.41) is 1.23. The van der Waals surface area contributed by atoms with Crippen LogP contribution >= 0.6 is 7.14 Å². The minimum Gasteiger partial charge on any atom is -0.318 e. The summed E-state index contributed by atoms with van der Waals surface area (Å²) in [5.41, 5.74) is 1.20. The van der Waals surface area contributed by atoms with Gasteiger partial charge in [0.15, 0.2) is 0 Å². The van der Waals surface area contributed by atoms with Crippen LogP contribution in [0.4, 0.5) is 0 Å². The zero-order valence-electron chi connectivity index (χ0n) is 11.0. The Hall–Kier alpha value is -0.550. The standard InChI is InChI=1S/C17H19OP/c18-19(12-4-2-1-3-5-12)16-10-6-9-7-11(8-10)17(19)15-13(9)14(15)16/h1-5,9-11,13-17H,6-8H2. The van der Waals surface area contributed by atoms with Gasteiger partial charge in [-0.15, -0.1) is 0 Å². The van der Waals surface area contributed by atoms with Crippen LogP contribution < -0.4 is 5.30 Å². The Morgan fingerprint density at radius 2 is 1.37 bits per heavy atom. The average molecular weight is 270 g/mol. The van der Waals surface area contributed by atoms with E-state index < -0.39 is 7.14 Å². The van der Waals surface area contributed by atoms with Crippen molar-refractivity contribution in [3.8, 4) is 0 Å². The molecule has 0 aromatic heterocycles. The summed E-state index contributed by atoms with van der Waals surface area (Å²) in [7, 11) is -2.10. The van der Waals surface area contributed by atoms with Crippen LogP contribution in [0.5, 0.6) is 0 Å². The Kier molecular flexibility index (Phi) is 1.55. The third-order valence-electron chi connectivity index (χ3n) is 7.35. The molecule has 1 nitrogen and oxygen atoms in total. The van der Waals surface area contributed by atoms with E-state index in [0.29, 0.717) is 11.3 Å². The number of benzene rings is 1. The molecule has 2 aliphatic heterocycles. The van der Waals surface area contributed by atoms with Crippen LogP contribution in [-0.4, -0.2) is 11.3 Å². The third-order valence-corrected chi connectivity index (χ3v) is 11.8. The lowest BCUT2D eigenvalue weighted by Crippen LogP contribution is -2.50. The monoisotopic (exact) mass is 270 g/mol. The summed E-state index contributed by atoms with van der Waals surface area (Å²) >= 11 is 0. The summed E-state index contributed by atoms with van der Waals surface area (Å²) in [6, 6.07) is 10.6. The molecule has 1 aromatic rings. The minimum atomic E-state index is -2.10. The fourth-order valence-electron chi connectivity index (χ4n) is 7.22. The highest BCUT2D eigenvalue weighted by molar-refractivity contribution is 7.73. The second kappa shape index (κ2) is 2.89. The first-order valence-corrected chi connectivity index (χ1v) is 9.79. The lowest BCUT2D eigenvalue weighted by Gasteiger charge is -2.55. The quantitative estimate of drug-likeness (QED) is 0.715. The fraction of sp³-hybridized carbons (Fsp3) is 0.647. The molecule has 0 amide bonds. The van der Waals surface area contributed by atoms with Crippen LogP contribution in [0.15, 0.2) is 30.3 Å². The van der Waals surface area contributed by atoms with Gasteiger partial charge in [-0.2, -0.15) is 0 Å². The van der Waals surface area contributed by atoms with Gasteiger partial charge in [-0.1, -0.05) is 30.3 Å². The molecule has 2 heteroatoms. The zero-order valence-corrected chi connectivity index (χ0v) is 11.9. The van der Waals surface area contributed by atoms with Crippen LogP contribution in [0.2, 0.25) is 0 Å². The maximum absolute atomic E-state index is 14.0. The summed E-state index contributed by atoms with van der Waals surface area (Å²) in [4.78, 5) is 0. The molecule has 6 fully saturated rings. The van der Waals surface area contributed by atoms with Crippen LogP contribution in [-0.2, 0) is 4.57 Å². The second-order valence-corrected chi connectivity index (χ2v) is 10.9. The molecule has 0 radical (unpaired) electrons. The second-order valence-electron chi connectivity index (χ2n) is 7.75. The van der Waals surface area contributed by atoms with Gasteiger partial charge in [0.05, 0.1) is 0 Å². The predicted molar refractivity (Wildman–Crippen MR) is 76.0 cm³/mol. The van der Waals surface area contributed by atoms with E-state index in [1.54, 1.807) is 0 Å². The van der Waals surface area contributed by atoms with Crippen molar-refractivity contribution in [3.63, 3.8) is 0 Å². The smallest absolute Gasteiger partial charge is 0.122 e. The first kappa shape index (κ1) is 10.2. The van der Waals surface area contributed by atoms with E-state index in [9.17, 15) is 4.57 Å². The van der Waals surface area contributed by atoms with Gasteiger partial charge < -0.3 is 4.57 Å². The van der Waals surface area contributed by atoms with Gasteiger partial charge in [0.2, 0.25) is 0 Å². The lowest BCUT2D eigenvalue weighted by molar-refractivity contribution is 0.0940. The van der Waals surface area contributed by atoms with Gasteiger partial charge in [0.25, 0.3) is 0 Å². The Bertz CT molecular complexity index is 585. The molecule has 19 heavy (non-hydrogen) atoms. The van der Waals surface area contributed by atoms with Gasteiger partial charge in [0, 0.05) is 16.6 Å². The van der Waals surface area contributed by atoms with Crippen molar-refractivity contribution < 1.29 is 4.57 Å². The minimum absolute atomic E-state index is 0.600. The van der Waals surface area contributed by atoms with Crippen molar-refractivity contribution in [2.45, 2.75) is 30.6 Å². The summed E-state index contributed by atoms with van der Waals surface area (Å²) in [6.45, 7) is 0. The molecule has 4 saturated carbocycles. The van der Waals surface area contributed by atoms with E-state index in [-0.39, 0.29) is 0 Å². The third kappa shape index (κ3) is 0.916. The van der Waals surface area contributed by atoms with Crippen LogP contribution in [0.25, 0.3) is 0 Å². The van der Waals surface area contributed by atoms with Gasteiger partial charge in [-0.3, -0.25) is 0 Å². The molecule has 6 aliphatic rings. The average Bonchev–Trinajstić information content (AvgIpc) is 3.09. The fourth-order valence-corrected chi connectivity index (χ4v) is 12.5. The molecule has 2 heterocycles. The molecule has 98 valence electrons. The highest BCUT2D eigenvalue weighted by Crippen LogP contribution is 2.89. The Morgan fingerprint density at radius 3 is 2.00 bits per heavy atom. The first-order chi connectivity index (χ1) is 9.30. The highest BCUT2D eigenvalue weighted by atomic mass is 31.2. The molecular formula is C17H19OP. The summed E-state index contributed by atoms with van der Waals surface area (Å²) in [6.07, 6.45) is 4.26. The molecular weight excluding hydrogens is 251 g/mol. The number of hydrogen-bond donors (Lipinski definition) is 0. The normalized spacial score (nSPS) is 62.5. The molecule has 6 unspecified atom stereocenters. The maximum atomic E-state index is 14.0. The predicted octanol–water partition coefficient (Wildman–Crippen LogP) is 3.35. The molecule has 0 spiro atoms. The summed E-state index contributed by atoms with van der Waals surface area (Å²) in [5.74, 6) is 5.45. The van der Waals surface area contributed by atoms with Crippen LogP contribution in [0.1, 0.15) is 19.3 Å². The number of rotatable bonds is 1. The van der Waals surface area contributed by atoms with E-state index >= 15 is 0 Å². The first-order valence-electron chi connectivity index (χ1n) is 7.95. The lowest BCUT2D eigenvalue weighted by atomic mass is 9.65. The van der Waals surface area contributed by atoms with E-state index in [1.165, 1.54) is 24.6 Å². The summed E-state index contributed by atoms with van der Waals surface area (Å²) < 4.78 is 14.0. The van der Waals surface area contributed by atoms with Gasteiger partial charge >= 0.3 is 0 Å². The molecule has 0 N–H and O–H groups in total. The van der Waals surface area contributed by atoms with Crippen molar-refractivity contribution in [1.29, 1.82) is 0 Å². The molecule has 7 rings (SSSR count). The van der Waals surface area contributed by atoms with Crippen molar-refractivity contribution in [1.82, 2.24) is 0 Å². The largest absolute Gasteiger partial charge is 0.318 e. The van der Waals surface area contributed by atoms with Gasteiger partial charge in [-0.25, -0.2) is 0 Å². The Balaban J connectivity index is 1.61. The van der Waals surface area contributed by atoms with Crippen molar-refractivity contribution >= 4 is 12.4 Å². The van der Waals surface area contributed by atoms with Crippen molar-refractivity contribution in [3.05, 3.63) is 30.3 Å². The van der Waals surface area contributed by atoms with Gasteiger partial charge in [0.1, 0.15) is 7.14 Å². The van der Waals surface area contributed by atoms with Crippen molar-refractivity contribution in [2.24, 2.45) is 35.5 Å². The molecule has 4 aliphatic carbocycles.